The summed E-state index contributed by atoms with van der Waals surface area (Å²) in [6, 6.07) is 0.367. The van der Waals surface area contributed by atoms with Crippen molar-refractivity contribution in [2.45, 2.75) is 44.2 Å². The van der Waals surface area contributed by atoms with Gasteiger partial charge in [-0.2, -0.15) is 0 Å². The molecular formula is C11H21N3O. The molecule has 2 rings (SSSR count). The van der Waals surface area contributed by atoms with Gasteiger partial charge < -0.3 is 11.5 Å². The molecule has 4 heteroatoms. The Morgan fingerprint density at radius 1 is 1.33 bits per heavy atom. The predicted molar refractivity (Wildman–Crippen MR) is 59.1 cm³/mol. The molecule has 1 aliphatic heterocycles. The van der Waals surface area contributed by atoms with Crippen LogP contribution in [-0.4, -0.2) is 36.0 Å². The van der Waals surface area contributed by atoms with E-state index in [2.05, 4.69) is 4.90 Å². The maximum Gasteiger partial charge on any atom is 0.234 e. The van der Waals surface area contributed by atoms with Crippen molar-refractivity contribution in [3.63, 3.8) is 0 Å². The molecule has 2 fully saturated rings. The first kappa shape index (κ1) is 10.9. The highest BCUT2D eigenvalue weighted by Gasteiger charge is 2.32. The molecule has 0 aromatic rings. The van der Waals surface area contributed by atoms with Gasteiger partial charge >= 0.3 is 0 Å². The van der Waals surface area contributed by atoms with E-state index in [9.17, 15) is 4.79 Å². The van der Waals surface area contributed by atoms with Crippen molar-refractivity contribution in [3.05, 3.63) is 0 Å². The smallest absolute Gasteiger partial charge is 0.234 e. The minimum atomic E-state index is -0.158. The highest BCUT2D eigenvalue weighted by molar-refractivity contribution is 5.80. The number of likely N-dealkylation sites (tertiary alicyclic amines) is 1. The van der Waals surface area contributed by atoms with Gasteiger partial charge in [0.15, 0.2) is 0 Å². The van der Waals surface area contributed by atoms with Crippen LogP contribution in [-0.2, 0) is 4.79 Å². The summed E-state index contributed by atoms with van der Waals surface area (Å²) in [4.78, 5) is 13.5. The van der Waals surface area contributed by atoms with E-state index in [0.29, 0.717) is 12.0 Å². The topological polar surface area (TPSA) is 72.4 Å². The minimum Gasteiger partial charge on any atom is -0.368 e. The van der Waals surface area contributed by atoms with Crippen LogP contribution in [0.1, 0.15) is 32.1 Å². The molecule has 1 saturated heterocycles. The van der Waals surface area contributed by atoms with Gasteiger partial charge in [0.1, 0.15) is 0 Å². The molecule has 2 aliphatic rings. The lowest BCUT2D eigenvalue weighted by Gasteiger charge is -2.25. The highest BCUT2D eigenvalue weighted by Crippen LogP contribution is 2.27. The molecule has 4 N–H and O–H groups in total. The molecule has 4 nitrogen and oxygen atoms in total. The van der Waals surface area contributed by atoms with Crippen LogP contribution in [0.3, 0.4) is 0 Å². The third-order valence-electron chi connectivity index (χ3n) is 3.77. The Labute approximate surface area is 91.0 Å². The third kappa shape index (κ3) is 2.49. The van der Waals surface area contributed by atoms with Crippen LogP contribution in [0.4, 0.5) is 0 Å². The fourth-order valence-electron chi connectivity index (χ4n) is 2.98. The van der Waals surface area contributed by atoms with E-state index in [0.717, 1.165) is 38.8 Å². The number of hydrogen-bond donors (Lipinski definition) is 2. The summed E-state index contributed by atoms with van der Waals surface area (Å²) < 4.78 is 0. The maximum absolute atomic E-state index is 11.2. The quantitative estimate of drug-likeness (QED) is 0.693. The average Bonchev–Trinajstić information content (AvgIpc) is 2.75. The molecule has 1 amide bonds. The van der Waals surface area contributed by atoms with E-state index in [1.807, 2.05) is 0 Å². The third-order valence-corrected chi connectivity index (χ3v) is 3.77. The lowest BCUT2D eigenvalue weighted by atomic mass is 10.1. The first-order valence-electron chi connectivity index (χ1n) is 5.95. The molecule has 0 radical (unpaired) electrons. The van der Waals surface area contributed by atoms with E-state index in [4.69, 9.17) is 11.5 Å². The van der Waals surface area contributed by atoms with E-state index in [1.54, 1.807) is 0 Å². The van der Waals surface area contributed by atoms with Crippen molar-refractivity contribution >= 4 is 5.91 Å². The van der Waals surface area contributed by atoms with E-state index < -0.39 is 0 Å². The van der Waals surface area contributed by atoms with Gasteiger partial charge in [0.25, 0.3) is 0 Å². The van der Waals surface area contributed by atoms with Gasteiger partial charge in [-0.1, -0.05) is 0 Å². The molecule has 0 bridgehead atoms. The number of nitrogens with zero attached hydrogens (tertiary/aromatic N) is 1. The lowest BCUT2D eigenvalue weighted by Crippen LogP contribution is -2.42. The van der Waals surface area contributed by atoms with Crippen molar-refractivity contribution in [2.75, 3.05) is 13.1 Å². The van der Waals surface area contributed by atoms with Gasteiger partial charge in [-0.05, 0) is 44.6 Å². The molecule has 0 aromatic carbocycles. The number of carbonyl (C=O) groups is 1. The SMILES string of the molecule is NC(=O)[C@@H]1CCCN1C[C@H]1CC[C@H](N)C1. The molecule has 86 valence electrons. The fraction of sp³-hybridized carbons (Fsp3) is 0.909. The van der Waals surface area contributed by atoms with Crippen LogP contribution >= 0.6 is 0 Å². The summed E-state index contributed by atoms with van der Waals surface area (Å²) in [5.41, 5.74) is 11.3. The van der Waals surface area contributed by atoms with Gasteiger partial charge in [0, 0.05) is 12.6 Å². The molecule has 1 saturated carbocycles. The number of carbonyl (C=O) groups excluding carboxylic acids is 1. The molecule has 3 atom stereocenters. The summed E-state index contributed by atoms with van der Waals surface area (Å²) in [5.74, 6) is 0.523. The zero-order chi connectivity index (χ0) is 10.8. The molecule has 0 spiro atoms. The molecule has 1 heterocycles. The minimum absolute atomic E-state index is 0.0122. The maximum atomic E-state index is 11.2. The Bertz CT molecular complexity index is 244. The Hall–Kier alpha value is -0.610. The summed E-state index contributed by atoms with van der Waals surface area (Å²) in [7, 11) is 0. The zero-order valence-electron chi connectivity index (χ0n) is 9.19. The number of hydrogen-bond acceptors (Lipinski definition) is 3. The molecular weight excluding hydrogens is 190 g/mol. The zero-order valence-corrected chi connectivity index (χ0v) is 9.19. The Balaban J connectivity index is 1.85. The van der Waals surface area contributed by atoms with Crippen LogP contribution in [0.5, 0.6) is 0 Å². The van der Waals surface area contributed by atoms with Gasteiger partial charge in [0.2, 0.25) is 5.91 Å². The molecule has 0 aromatic heterocycles. The molecule has 15 heavy (non-hydrogen) atoms. The number of rotatable bonds is 3. The summed E-state index contributed by atoms with van der Waals surface area (Å²) in [5, 5.41) is 0. The fourth-order valence-corrected chi connectivity index (χ4v) is 2.98. The van der Waals surface area contributed by atoms with Crippen molar-refractivity contribution in [2.24, 2.45) is 17.4 Å². The Kier molecular flexibility index (Phi) is 3.26. The second-order valence-corrected chi connectivity index (χ2v) is 4.99. The number of amides is 1. The van der Waals surface area contributed by atoms with Gasteiger partial charge in [-0.3, -0.25) is 9.69 Å². The number of nitrogens with two attached hydrogens (primary N) is 2. The summed E-state index contributed by atoms with van der Waals surface area (Å²) in [6.45, 7) is 2.04. The Morgan fingerprint density at radius 3 is 2.73 bits per heavy atom. The van der Waals surface area contributed by atoms with Crippen LogP contribution in [0.2, 0.25) is 0 Å². The van der Waals surface area contributed by atoms with Crippen LogP contribution in [0.15, 0.2) is 0 Å². The van der Waals surface area contributed by atoms with Gasteiger partial charge in [0.05, 0.1) is 6.04 Å². The van der Waals surface area contributed by atoms with Crippen molar-refractivity contribution < 1.29 is 4.79 Å². The lowest BCUT2D eigenvalue weighted by molar-refractivity contribution is -0.122. The van der Waals surface area contributed by atoms with Crippen molar-refractivity contribution in [1.82, 2.24) is 4.90 Å². The second-order valence-electron chi connectivity index (χ2n) is 4.99. The van der Waals surface area contributed by atoms with Crippen LogP contribution in [0.25, 0.3) is 0 Å². The molecule has 0 unspecified atom stereocenters. The number of primary amides is 1. The summed E-state index contributed by atoms with van der Waals surface area (Å²) >= 11 is 0. The van der Waals surface area contributed by atoms with Gasteiger partial charge in [-0.25, -0.2) is 0 Å². The standard InChI is InChI=1S/C11H21N3O/c12-9-4-3-8(6-9)7-14-5-1-2-10(14)11(13)15/h8-10H,1-7,12H2,(H2,13,15)/t8-,9-,10-/m0/s1. The van der Waals surface area contributed by atoms with Crippen LogP contribution < -0.4 is 11.5 Å². The predicted octanol–water partition coefficient (Wildman–Crippen LogP) is 0.0635. The van der Waals surface area contributed by atoms with E-state index in [-0.39, 0.29) is 11.9 Å². The Morgan fingerprint density at radius 2 is 2.13 bits per heavy atom. The average molecular weight is 211 g/mol. The molecule has 1 aliphatic carbocycles. The first-order chi connectivity index (χ1) is 7.16. The highest BCUT2D eigenvalue weighted by atomic mass is 16.1. The first-order valence-corrected chi connectivity index (χ1v) is 5.95. The van der Waals surface area contributed by atoms with Crippen molar-refractivity contribution in [1.29, 1.82) is 0 Å². The normalized spacial score (nSPS) is 37.3. The van der Waals surface area contributed by atoms with E-state index >= 15 is 0 Å². The van der Waals surface area contributed by atoms with Crippen LogP contribution in [0, 0.1) is 5.92 Å². The van der Waals surface area contributed by atoms with Crippen molar-refractivity contribution in [3.8, 4) is 0 Å². The van der Waals surface area contributed by atoms with Gasteiger partial charge in [-0.15, -0.1) is 0 Å². The largest absolute Gasteiger partial charge is 0.368 e. The summed E-state index contributed by atoms with van der Waals surface area (Å²) in [6.07, 6.45) is 5.51. The monoisotopic (exact) mass is 211 g/mol. The second kappa shape index (κ2) is 4.49. The van der Waals surface area contributed by atoms with E-state index in [1.165, 1.54) is 6.42 Å².